The number of rotatable bonds is 6. The molecule has 144 valence electrons. The van der Waals surface area contributed by atoms with Gasteiger partial charge in [-0.3, -0.25) is 4.79 Å². The smallest absolute Gasteiger partial charge is 0.233 e. The second-order valence-corrected chi connectivity index (χ2v) is 7.47. The first-order chi connectivity index (χ1) is 13.8. The molecule has 1 amide bonds. The molecule has 0 bridgehead atoms. The van der Waals surface area contributed by atoms with Crippen LogP contribution in [0.2, 0.25) is 0 Å². The molecular formula is C20H22N6OS. The van der Waals surface area contributed by atoms with E-state index in [0.717, 1.165) is 30.7 Å². The Morgan fingerprint density at radius 2 is 1.68 bits per heavy atom. The van der Waals surface area contributed by atoms with E-state index >= 15 is 0 Å². The first-order valence-electron chi connectivity index (χ1n) is 9.27. The van der Waals surface area contributed by atoms with Crippen molar-refractivity contribution in [3.8, 4) is 0 Å². The summed E-state index contributed by atoms with van der Waals surface area (Å²) < 4.78 is 2.08. The molecule has 0 atom stereocenters. The first kappa shape index (κ1) is 18.5. The van der Waals surface area contributed by atoms with Crippen LogP contribution in [0.15, 0.2) is 66.3 Å². The molecule has 4 rings (SSSR count). The number of aromatic nitrogens is 4. The molecule has 0 radical (unpaired) electrons. The Morgan fingerprint density at radius 1 is 0.929 bits per heavy atom. The van der Waals surface area contributed by atoms with E-state index in [1.165, 1.54) is 17.3 Å². The van der Waals surface area contributed by atoms with Crippen molar-refractivity contribution >= 4 is 23.6 Å². The lowest BCUT2D eigenvalue weighted by atomic mass is 10.2. The van der Waals surface area contributed by atoms with E-state index in [-0.39, 0.29) is 5.91 Å². The summed E-state index contributed by atoms with van der Waals surface area (Å²) in [7, 11) is 0. The molecule has 7 nitrogen and oxygen atoms in total. The van der Waals surface area contributed by atoms with Crippen LogP contribution in [0.5, 0.6) is 0 Å². The Bertz CT molecular complexity index is 893. The molecule has 0 N–H and O–H groups in total. The number of hydrogen-bond acceptors (Lipinski definition) is 6. The predicted octanol–water partition coefficient (Wildman–Crippen LogP) is 2.16. The minimum atomic E-state index is 0.146. The van der Waals surface area contributed by atoms with Crippen LogP contribution in [0.3, 0.4) is 0 Å². The Labute approximate surface area is 168 Å². The summed E-state index contributed by atoms with van der Waals surface area (Å²) in [5.74, 6) is 1.27. The van der Waals surface area contributed by atoms with Crippen LogP contribution < -0.4 is 4.90 Å². The molecule has 3 aromatic rings. The Kier molecular flexibility index (Phi) is 5.86. The Balaban J connectivity index is 1.28. The molecular weight excluding hydrogens is 372 g/mol. The number of amides is 1. The Hall–Kier alpha value is -2.87. The standard InChI is InChI=1S/C20H22N6OS/c27-18(24-11-13-25(14-12-24)19-21-7-4-8-22-19)16-28-20-23-9-10-26(20)15-17-5-2-1-3-6-17/h1-10H,11-16H2. The molecule has 1 saturated heterocycles. The van der Waals surface area contributed by atoms with Gasteiger partial charge in [0.15, 0.2) is 5.16 Å². The van der Waals surface area contributed by atoms with Crippen LogP contribution in [-0.2, 0) is 11.3 Å². The minimum Gasteiger partial charge on any atom is -0.338 e. The van der Waals surface area contributed by atoms with Crippen LogP contribution in [0.1, 0.15) is 5.56 Å². The number of thioether (sulfide) groups is 1. The highest BCUT2D eigenvalue weighted by molar-refractivity contribution is 7.99. The zero-order chi connectivity index (χ0) is 19.2. The van der Waals surface area contributed by atoms with Gasteiger partial charge in [0.1, 0.15) is 0 Å². The molecule has 0 spiro atoms. The summed E-state index contributed by atoms with van der Waals surface area (Å²) in [5, 5.41) is 0.869. The number of nitrogens with zero attached hydrogens (tertiary/aromatic N) is 6. The number of benzene rings is 1. The zero-order valence-corrected chi connectivity index (χ0v) is 16.3. The third-order valence-electron chi connectivity index (χ3n) is 4.67. The van der Waals surface area contributed by atoms with E-state index in [4.69, 9.17) is 0 Å². The molecule has 1 aliphatic heterocycles. The number of imidazole rings is 1. The molecule has 1 aromatic carbocycles. The van der Waals surface area contributed by atoms with Gasteiger partial charge in [-0.1, -0.05) is 42.1 Å². The van der Waals surface area contributed by atoms with Crippen molar-refractivity contribution in [2.75, 3.05) is 36.8 Å². The van der Waals surface area contributed by atoms with Crippen LogP contribution >= 0.6 is 11.8 Å². The minimum absolute atomic E-state index is 0.146. The van der Waals surface area contributed by atoms with E-state index < -0.39 is 0 Å². The quantitative estimate of drug-likeness (QED) is 0.597. The number of carbonyl (C=O) groups excluding carboxylic acids is 1. The molecule has 1 aliphatic rings. The van der Waals surface area contributed by atoms with Crippen molar-refractivity contribution < 1.29 is 4.79 Å². The number of anilines is 1. The molecule has 2 aromatic heterocycles. The number of hydrogen-bond donors (Lipinski definition) is 0. The van der Waals surface area contributed by atoms with E-state index in [1.54, 1.807) is 18.6 Å². The summed E-state index contributed by atoms with van der Waals surface area (Å²) in [6.07, 6.45) is 7.23. The van der Waals surface area contributed by atoms with Crippen molar-refractivity contribution in [1.29, 1.82) is 0 Å². The maximum absolute atomic E-state index is 12.6. The van der Waals surface area contributed by atoms with Gasteiger partial charge in [0.2, 0.25) is 11.9 Å². The summed E-state index contributed by atoms with van der Waals surface area (Å²) >= 11 is 1.49. The van der Waals surface area contributed by atoms with E-state index in [2.05, 4.69) is 36.6 Å². The van der Waals surface area contributed by atoms with Crippen molar-refractivity contribution in [3.63, 3.8) is 0 Å². The lowest BCUT2D eigenvalue weighted by Crippen LogP contribution is -2.49. The van der Waals surface area contributed by atoms with Gasteiger partial charge in [0.05, 0.1) is 5.75 Å². The molecule has 0 saturated carbocycles. The largest absolute Gasteiger partial charge is 0.338 e. The second kappa shape index (κ2) is 8.88. The molecule has 28 heavy (non-hydrogen) atoms. The normalized spacial score (nSPS) is 14.3. The van der Waals surface area contributed by atoms with Crippen molar-refractivity contribution in [2.45, 2.75) is 11.7 Å². The maximum atomic E-state index is 12.6. The third-order valence-corrected chi connectivity index (χ3v) is 5.65. The monoisotopic (exact) mass is 394 g/mol. The maximum Gasteiger partial charge on any atom is 0.233 e. The van der Waals surface area contributed by atoms with E-state index in [9.17, 15) is 4.79 Å². The molecule has 1 fully saturated rings. The summed E-state index contributed by atoms with van der Waals surface area (Å²) in [4.78, 5) is 29.6. The molecule has 8 heteroatoms. The van der Waals surface area contributed by atoms with Crippen molar-refractivity contribution in [2.24, 2.45) is 0 Å². The fourth-order valence-electron chi connectivity index (χ4n) is 3.16. The summed E-state index contributed by atoms with van der Waals surface area (Å²) in [6.45, 7) is 3.64. The number of piperazine rings is 1. The molecule has 0 aliphatic carbocycles. The van der Waals surface area contributed by atoms with Gasteiger partial charge in [-0.05, 0) is 11.6 Å². The van der Waals surface area contributed by atoms with Gasteiger partial charge in [-0.2, -0.15) is 0 Å². The van der Waals surface area contributed by atoms with Crippen LogP contribution in [0.4, 0.5) is 5.95 Å². The Morgan fingerprint density at radius 3 is 2.43 bits per heavy atom. The summed E-state index contributed by atoms with van der Waals surface area (Å²) in [5.41, 5.74) is 1.22. The lowest BCUT2D eigenvalue weighted by Gasteiger charge is -2.34. The predicted molar refractivity (Wildman–Crippen MR) is 109 cm³/mol. The SMILES string of the molecule is O=C(CSc1nccn1Cc1ccccc1)N1CCN(c2ncccn2)CC1. The highest BCUT2D eigenvalue weighted by Crippen LogP contribution is 2.19. The molecule has 3 heterocycles. The lowest BCUT2D eigenvalue weighted by molar-refractivity contribution is -0.128. The van der Waals surface area contributed by atoms with Crippen molar-refractivity contribution in [3.05, 3.63) is 66.7 Å². The average molecular weight is 395 g/mol. The summed E-state index contributed by atoms with van der Waals surface area (Å²) in [6, 6.07) is 12.1. The van der Waals surface area contributed by atoms with Crippen LogP contribution in [0.25, 0.3) is 0 Å². The highest BCUT2D eigenvalue weighted by Gasteiger charge is 2.22. The number of carbonyl (C=O) groups is 1. The van der Waals surface area contributed by atoms with E-state index in [1.807, 2.05) is 35.4 Å². The van der Waals surface area contributed by atoms with Gasteiger partial charge in [-0.15, -0.1) is 0 Å². The van der Waals surface area contributed by atoms with Gasteiger partial charge < -0.3 is 14.4 Å². The fraction of sp³-hybridized carbons (Fsp3) is 0.300. The van der Waals surface area contributed by atoms with Crippen LogP contribution in [0, 0.1) is 0 Å². The van der Waals surface area contributed by atoms with Gasteiger partial charge >= 0.3 is 0 Å². The molecule has 0 unspecified atom stereocenters. The van der Waals surface area contributed by atoms with E-state index in [0.29, 0.717) is 18.8 Å². The average Bonchev–Trinajstić information content (AvgIpc) is 3.20. The highest BCUT2D eigenvalue weighted by atomic mass is 32.2. The van der Waals surface area contributed by atoms with Crippen molar-refractivity contribution in [1.82, 2.24) is 24.4 Å². The van der Waals surface area contributed by atoms with Gasteiger partial charge in [0, 0.05) is 57.5 Å². The van der Waals surface area contributed by atoms with Gasteiger partial charge in [-0.25, -0.2) is 15.0 Å². The fourth-order valence-corrected chi connectivity index (χ4v) is 4.03. The van der Waals surface area contributed by atoms with Crippen LogP contribution in [-0.4, -0.2) is 62.3 Å². The third kappa shape index (κ3) is 4.51. The first-order valence-corrected chi connectivity index (χ1v) is 10.3. The second-order valence-electron chi connectivity index (χ2n) is 6.53. The van der Waals surface area contributed by atoms with Gasteiger partial charge in [0.25, 0.3) is 0 Å². The zero-order valence-electron chi connectivity index (χ0n) is 15.5. The topological polar surface area (TPSA) is 67.2 Å².